The standard InChI is InChI=1S/C14H24N2O4/c1-2-3-10(4-5-13(18)19)6-7-15-14(20)11-8-12(17)16-9-11/h10-11H,2-9H2,1H3,(H,15,20)(H,16,17)(H,18,19). The molecule has 2 unspecified atom stereocenters. The molecule has 0 aromatic heterocycles. The molecule has 0 bridgehead atoms. The van der Waals surface area contributed by atoms with Crippen molar-refractivity contribution in [3.63, 3.8) is 0 Å². The zero-order chi connectivity index (χ0) is 15.0. The third-order valence-corrected chi connectivity index (χ3v) is 3.66. The van der Waals surface area contributed by atoms with Gasteiger partial charge in [0.1, 0.15) is 0 Å². The van der Waals surface area contributed by atoms with Gasteiger partial charge < -0.3 is 15.7 Å². The Morgan fingerprint density at radius 2 is 2.15 bits per heavy atom. The van der Waals surface area contributed by atoms with Gasteiger partial charge in [0, 0.05) is 25.9 Å². The normalized spacial score (nSPS) is 19.4. The van der Waals surface area contributed by atoms with Crippen molar-refractivity contribution in [2.24, 2.45) is 11.8 Å². The van der Waals surface area contributed by atoms with Crippen molar-refractivity contribution < 1.29 is 19.5 Å². The van der Waals surface area contributed by atoms with E-state index in [2.05, 4.69) is 17.6 Å². The van der Waals surface area contributed by atoms with Crippen LogP contribution in [-0.2, 0) is 14.4 Å². The summed E-state index contributed by atoms with van der Waals surface area (Å²) in [5.41, 5.74) is 0. The van der Waals surface area contributed by atoms with Gasteiger partial charge in [-0.1, -0.05) is 19.8 Å². The largest absolute Gasteiger partial charge is 0.481 e. The molecule has 3 N–H and O–H groups in total. The number of rotatable bonds is 9. The highest BCUT2D eigenvalue weighted by Crippen LogP contribution is 2.17. The summed E-state index contributed by atoms with van der Waals surface area (Å²) >= 11 is 0. The highest BCUT2D eigenvalue weighted by Gasteiger charge is 2.27. The topological polar surface area (TPSA) is 95.5 Å². The Morgan fingerprint density at radius 3 is 2.70 bits per heavy atom. The molecule has 6 heteroatoms. The Bertz CT molecular complexity index is 357. The second-order valence-corrected chi connectivity index (χ2v) is 5.37. The van der Waals surface area contributed by atoms with Crippen molar-refractivity contribution in [2.45, 2.75) is 45.4 Å². The maximum absolute atomic E-state index is 11.8. The lowest BCUT2D eigenvalue weighted by Gasteiger charge is -2.16. The van der Waals surface area contributed by atoms with Crippen LogP contribution in [-0.4, -0.2) is 36.0 Å². The van der Waals surface area contributed by atoms with Crippen molar-refractivity contribution in [1.82, 2.24) is 10.6 Å². The third-order valence-electron chi connectivity index (χ3n) is 3.66. The fraction of sp³-hybridized carbons (Fsp3) is 0.786. The number of hydrogen-bond acceptors (Lipinski definition) is 3. The first-order valence-corrected chi connectivity index (χ1v) is 7.29. The Hall–Kier alpha value is -1.59. The number of carbonyl (C=O) groups is 3. The molecule has 1 aliphatic heterocycles. The number of hydrogen-bond donors (Lipinski definition) is 3. The predicted molar refractivity (Wildman–Crippen MR) is 74.0 cm³/mol. The average molecular weight is 284 g/mol. The van der Waals surface area contributed by atoms with Crippen LogP contribution in [0.1, 0.15) is 45.4 Å². The van der Waals surface area contributed by atoms with Crippen LogP contribution in [0.3, 0.4) is 0 Å². The molecule has 2 amide bonds. The molecule has 6 nitrogen and oxygen atoms in total. The van der Waals surface area contributed by atoms with Gasteiger partial charge in [0.25, 0.3) is 0 Å². The number of carboxylic acid groups (broad SMARTS) is 1. The summed E-state index contributed by atoms with van der Waals surface area (Å²) in [6.45, 7) is 3.04. The van der Waals surface area contributed by atoms with E-state index in [-0.39, 0.29) is 30.6 Å². The van der Waals surface area contributed by atoms with Gasteiger partial charge in [0.05, 0.1) is 5.92 Å². The quantitative estimate of drug-likeness (QED) is 0.586. The van der Waals surface area contributed by atoms with Crippen molar-refractivity contribution in [2.75, 3.05) is 13.1 Å². The molecule has 1 fully saturated rings. The molecule has 20 heavy (non-hydrogen) atoms. The lowest BCUT2D eigenvalue weighted by Crippen LogP contribution is -2.33. The maximum atomic E-state index is 11.8. The zero-order valence-corrected chi connectivity index (χ0v) is 12.0. The predicted octanol–water partition coefficient (Wildman–Crippen LogP) is 0.910. The number of carboxylic acids is 1. The maximum Gasteiger partial charge on any atom is 0.303 e. The first-order chi connectivity index (χ1) is 9.52. The molecule has 1 aliphatic rings. The Balaban J connectivity index is 2.23. The Morgan fingerprint density at radius 1 is 1.40 bits per heavy atom. The van der Waals surface area contributed by atoms with E-state index in [0.29, 0.717) is 25.4 Å². The SMILES string of the molecule is CCCC(CCNC(=O)C1CNC(=O)C1)CCC(=O)O. The number of nitrogens with one attached hydrogen (secondary N) is 2. The van der Waals surface area contributed by atoms with Crippen LogP contribution in [0.25, 0.3) is 0 Å². The minimum Gasteiger partial charge on any atom is -0.481 e. The van der Waals surface area contributed by atoms with E-state index in [0.717, 1.165) is 19.3 Å². The Kier molecular flexibility index (Phi) is 7.04. The number of aliphatic carboxylic acids is 1. The minimum absolute atomic E-state index is 0.0736. The fourth-order valence-electron chi connectivity index (χ4n) is 2.50. The van der Waals surface area contributed by atoms with Gasteiger partial charge in [0.15, 0.2) is 0 Å². The summed E-state index contributed by atoms with van der Waals surface area (Å²) in [4.78, 5) is 33.4. The lowest BCUT2D eigenvalue weighted by atomic mass is 9.94. The van der Waals surface area contributed by atoms with E-state index >= 15 is 0 Å². The molecule has 0 aliphatic carbocycles. The molecule has 0 aromatic rings. The number of amides is 2. The van der Waals surface area contributed by atoms with Gasteiger partial charge in [-0.05, 0) is 18.8 Å². The monoisotopic (exact) mass is 284 g/mol. The van der Waals surface area contributed by atoms with Crippen LogP contribution in [0.15, 0.2) is 0 Å². The van der Waals surface area contributed by atoms with E-state index in [1.807, 2.05) is 0 Å². The molecule has 2 atom stereocenters. The van der Waals surface area contributed by atoms with Crippen molar-refractivity contribution in [3.8, 4) is 0 Å². The summed E-state index contributed by atoms with van der Waals surface area (Å²) < 4.78 is 0. The Labute approximate surface area is 119 Å². The zero-order valence-electron chi connectivity index (χ0n) is 12.0. The van der Waals surface area contributed by atoms with E-state index in [1.165, 1.54) is 0 Å². The summed E-state index contributed by atoms with van der Waals surface area (Å²) in [7, 11) is 0. The van der Waals surface area contributed by atoms with Crippen LogP contribution in [0.5, 0.6) is 0 Å². The van der Waals surface area contributed by atoms with Gasteiger partial charge in [0.2, 0.25) is 11.8 Å². The molecule has 0 radical (unpaired) electrons. The smallest absolute Gasteiger partial charge is 0.303 e. The second kappa shape index (κ2) is 8.55. The second-order valence-electron chi connectivity index (χ2n) is 5.37. The van der Waals surface area contributed by atoms with Crippen LogP contribution >= 0.6 is 0 Å². The van der Waals surface area contributed by atoms with Crippen molar-refractivity contribution in [3.05, 3.63) is 0 Å². The lowest BCUT2D eigenvalue weighted by molar-refractivity contribution is -0.137. The van der Waals surface area contributed by atoms with Crippen molar-refractivity contribution in [1.29, 1.82) is 0 Å². The van der Waals surface area contributed by atoms with Gasteiger partial charge in [-0.25, -0.2) is 0 Å². The van der Waals surface area contributed by atoms with Gasteiger partial charge in [-0.2, -0.15) is 0 Å². The summed E-state index contributed by atoms with van der Waals surface area (Å²) in [5, 5.41) is 14.2. The van der Waals surface area contributed by atoms with Gasteiger partial charge in [-0.3, -0.25) is 14.4 Å². The number of carbonyl (C=O) groups excluding carboxylic acids is 2. The molecule has 1 rings (SSSR count). The first-order valence-electron chi connectivity index (χ1n) is 7.29. The minimum atomic E-state index is -0.773. The van der Waals surface area contributed by atoms with E-state index in [4.69, 9.17) is 5.11 Å². The molecular weight excluding hydrogens is 260 g/mol. The molecular formula is C14H24N2O4. The van der Waals surface area contributed by atoms with E-state index < -0.39 is 5.97 Å². The molecule has 0 aromatic carbocycles. The highest BCUT2D eigenvalue weighted by atomic mass is 16.4. The van der Waals surface area contributed by atoms with Gasteiger partial charge >= 0.3 is 5.97 Å². The van der Waals surface area contributed by atoms with Crippen molar-refractivity contribution >= 4 is 17.8 Å². The van der Waals surface area contributed by atoms with Crippen LogP contribution in [0, 0.1) is 11.8 Å². The van der Waals surface area contributed by atoms with E-state index in [1.54, 1.807) is 0 Å². The van der Waals surface area contributed by atoms with Crippen LogP contribution in [0.4, 0.5) is 0 Å². The van der Waals surface area contributed by atoms with Crippen LogP contribution in [0.2, 0.25) is 0 Å². The van der Waals surface area contributed by atoms with Gasteiger partial charge in [-0.15, -0.1) is 0 Å². The molecule has 0 spiro atoms. The third kappa shape index (κ3) is 6.04. The average Bonchev–Trinajstić information content (AvgIpc) is 2.82. The highest BCUT2D eigenvalue weighted by molar-refractivity contribution is 5.89. The molecule has 0 saturated carbocycles. The summed E-state index contributed by atoms with van der Waals surface area (Å²) in [6, 6.07) is 0. The molecule has 1 heterocycles. The summed E-state index contributed by atoms with van der Waals surface area (Å²) in [5.74, 6) is -0.858. The van der Waals surface area contributed by atoms with E-state index in [9.17, 15) is 14.4 Å². The molecule has 1 saturated heterocycles. The summed E-state index contributed by atoms with van der Waals surface area (Å²) in [6.07, 6.45) is 3.89. The van der Waals surface area contributed by atoms with Crippen LogP contribution < -0.4 is 10.6 Å². The fourth-order valence-corrected chi connectivity index (χ4v) is 2.50. The molecule has 114 valence electrons. The first kappa shape index (κ1) is 16.5.